The Morgan fingerprint density at radius 2 is 2.08 bits per heavy atom. The van der Waals surface area contributed by atoms with E-state index in [9.17, 15) is 4.79 Å². The number of carbonyl (C=O) groups is 1. The minimum Gasteiger partial charge on any atom is -0.468 e. The van der Waals surface area contributed by atoms with Crippen LogP contribution in [-0.2, 0) is 9.53 Å². The van der Waals surface area contributed by atoms with E-state index in [1.165, 1.54) is 26.4 Å². The van der Waals surface area contributed by atoms with Crippen LogP contribution in [0.4, 0.5) is 0 Å². The molecule has 0 aromatic carbocycles. The fraction of sp³-hybridized carbons (Fsp3) is 0.900. The van der Waals surface area contributed by atoms with Crippen molar-refractivity contribution in [3.8, 4) is 0 Å². The monoisotopic (exact) mass is 187 g/mol. The van der Waals surface area contributed by atoms with Crippen molar-refractivity contribution in [2.75, 3.05) is 13.7 Å². The molecule has 0 aliphatic carbocycles. The number of unbranched alkanes of at least 4 members (excludes halogenated alkanes) is 3. The van der Waals surface area contributed by atoms with Crippen LogP contribution in [0.25, 0.3) is 0 Å². The number of methoxy groups -OCH3 is 1. The first-order valence-electron chi connectivity index (χ1n) is 5.03. The van der Waals surface area contributed by atoms with Gasteiger partial charge in [0.1, 0.15) is 6.04 Å². The number of rotatable bonds is 7. The molecule has 0 aromatic heterocycles. The Morgan fingerprint density at radius 3 is 2.62 bits per heavy atom. The van der Waals surface area contributed by atoms with Crippen LogP contribution in [0.5, 0.6) is 0 Å². The third-order valence-electron chi connectivity index (χ3n) is 2.04. The fourth-order valence-electron chi connectivity index (χ4n) is 1.13. The van der Waals surface area contributed by atoms with E-state index < -0.39 is 0 Å². The van der Waals surface area contributed by atoms with Crippen LogP contribution in [0.3, 0.4) is 0 Å². The van der Waals surface area contributed by atoms with Crippen LogP contribution in [0.1, 0.15) is 39.5 Å². The molecule has 0 bridgehead atoms. The molecule has 0 amide bonds. The highest BCUT2D eigenvalue weighted by molar-refractivity contribution is 5.74. The van der Waals surface area contributed by atoms with Crippen molar-refractivity contribution >= 4 is 5.97 Å². The highest BCUT2D eigenvalue weighted by Crippen LogP contribution is 1.97. The highest BCUT2D eigenvalue weighted by atomic mass is 16.5. The maximum atomic E-state index is 10.9. The zero-order valence-corrected chi connectivity index (χ0v) is 8.93. The average Bonchev–Trinajstić information content (AvgIpc) is 2.16. The second-order valence-electron chi connectivity index (χ2n) is 3.26. The van der Waals surface area contributed by atoms with Gasteiger partial charge in [-0.15, -0.1) is 0 Å². The van der Waals surface area contributed by atoms with Gasteiger partial charge < -0.3 is 10.1 Å². The lowest BCUT2D eigenvalue weighted by atomic mass is 10.2. The van der Waals surface area contributed by atoms with E-state index in [-0.39, 0.29) is 12.0 Å². The zero-order chi connectivity index (χ0) is 10.1. The quantitative estimate of drug-likeness (QED) is 0.487. The number of esters is 1. The van der Waals surface area contributed by atoms with E-state index in [1.54, 1.807) is 0 Å². The van der Waals surface area contributed by atoms with Crippen molar-refractivity contribution in [3.05, 3.63) is 0 Å². The predicted molar refractivity (Wildman–Crippen MR) is 53.6 cm³/mol. The summed E-state index contributed by atoms with van der Waals surface area (Å²) in [6, 6.07) is -0.174. The summed E-state index contributed by atoms with van der Waals surface area (Å²) in [4.78, 5) is 10.9. The number of nitrogens with one attached hydrogen (secondary N) is 1. The lowest BCUT2D eigenvalue weighted by Gasteiger charge is -2.10. The van der Waals surface area contributed by atoms with Gasteiger partial charge in [-0.05, 0) is 19.9 Å². The summed E-state index contributed by atoms with van der Waals surface area (Å²) in [5.41, 5.74) is 0. The minimum absolute atomic E-state index is 0.174. The third kappa shape index (κ3) is 6.58. The van der Waals surface area contributed by atoms with E-state index in [0.717, 1.165) is 13.0 Å². The van der Waals surface area contributed by atoms with Crippen molar-refractivity contribution in [2.24, 2.45) is 0 Å². The van der Waals surface area contributed by atoms with Gasteiger partial charge in [0.25, 0.3) is 0 Å². The summed E-state index contributed by atoms with van der Waals surface area (Å²) in [5, 5.41) is 3.12. The number of ether oxygens (including phenoxy) is 1. The van der Waals surface area contributed by atoms with Gasteiger partial charge in [-0.2, -0.15) is 0 Å². The molecule has 0 rings (SSSR count). The summed E-state index contributed by atoms with van der Waals surface area (Å²) in [6.07, 6.45) is 4.88. The van der Waals surface area contributed by atoms with E-state index in [0.29, 0.717) is 0 Å². The molecule has 0 fully saturated rings. The minimum atomic E-state index is -0.185. The normalized spacial score (nSPS) is 12.5. The molecule has 1 atom stereocenters. The first-order valence-corrected chi connectivity index (χ1v) is 5.03. The van der Waals surface area contributed by atoms with E-state index in [4.69, 9.17) is 0 Å². The Balaban J connectivity index is 3.26. The SMILES string of the molecule is CCCCCCN[C@@H](C)C(=O)OC. The van der Waals surface area contributed by atoms with Gasteiger partial charge in [-0.1, -0.05) is 26.2 Å². The molecule has 0 radical (unpaired) electrons. The van der Waals surface area contributed by atoms with E-state index in [2.05, 4.69) is 17.0 Å². The standard InChI is InChI=1S/C10H21NO2/c1-4-5-6-7-8-11-9(2)10(12)13-3/h9,11H,4-8H2,1-3H3/t9-/m0/s1. The fourth-order valence-corrected chi connectivity index (χ4v) is 1.13. The van der Waals surface area contributed by atoms with Crippen molar-refractivity contribution < 1.29 is 9.53 Å². The first kappa shape index (κ1) is 12.4. The Kier molecular flexibility index (Phi) is 7.69. The summed E-state index contributed by atoms with van der Waals surface area (Å²) < 4.78 is 4.59. The molecule has 1 N–H and O–H groups in total. The Morgan fingerprint density at radius 1 is 1.38 bits per heavy atom. The van der Waals surface area contributed by atoms with Crippen LogP contribution < -0.4 is 5.32 Å². The van der Waals surface area contributed by atoms with Crippen LogP contribution >= 0.6 is 0 Å². The van der Waals surface area contributed by atoms with Crippen LogP contribution in [-0.4, -0.2) is 25.7 Å². The molecule has 0 spiro atoms. The molecular weight excluding hydrogens is 166 g/mol. The third-order valence-corrected chi connectivity index (χ3v) is 2.04. The van der Waals surface area contributed by atoms with Gasteiger partial charge >= 0.3 is 5.97 Å². The summed E-state index contributed by atoms with van der Waals surface area (Å²) in [5.74, 6) is -0.185. The maximum Gasteiger partial charge on any atom is 0.322 e. The number of hydrogen-bond donors (Lipinski definition) is 1. The van der Waals surface area contributed by atoms with Gasteiger partial charge in [-0.3, -0.25) is 4.79 Å². The molecule has 0 aliphatic rings. The van der Waals surface area contributed by atoms with Crippen molar-refractivity contribution in [1.29, 1.82) is 0 Å². The smallest absolute Gasteiger partial charge is 0.322 e. The molecule has 0 heterocycles. The maximum absolute atomic E-state index is 10.9. The van der Waals surface area contributed by atoms with Gasteiger partial charge in [-0.25, -0.2) is 0 Å². The van der Waals surface area contributed by atoms with Gasteiger partial charge in [0.15, 0.2) is 0 Å². The second-order valence-corrected chi connectivity index (χ2v) is 3.26. The second kappa shape index (κ2) is 8.05. The van der Waals surface area contributed by atoms with E-state index in [1.807, 2.05) is 6.92 Å². The lowest BCUT2D eigenvalue weighted by molar-refractivity contribution is -0.142. The zero-order valence-electron chi connectivity index (χ0n) is 8.93. The molecule has 3 nitrogen and oxygen atoms in total. The van der Waals surface area contributed by atoms with Crippen LogP contribution in [0, 0.1) is 0 Å². The van der Waals surface area contributed by atoms with Gasteiger partial charge in [0.2, 0.25) is 0 Å². The highest BCUT2D eigenvalue weighted by Gasteiger charge is 2.10. The van der Waals surface area contributed by atoms with Crippen LogP contribution in [0.2, 0.25) is 0 Å². The van der Waals surface area contributed by atoms with Crippen molar-refractivity contribution in [2.45, 2.75) is 45.6 Å². The summed E-state index contributed by atoms with van der Waals surface area (Å²) in [6.45, 7) is 4.91. The Hall–Kier alpha value is -0.570. The molecule has 78 valence electrons. The van der Waals surface area contributed by atoms with Crippen LogP contribution in [0.15, 0.2) is 0 Å². The number of hydrogen-bond acceptors (Lipinski definition) is 3. The Bertz CT molecular complexity index is 137. The molecule has 0 saturated heterocycles. The molecule has 0 aromatic rings. The molecule has 0 aliphatic heterocycles. The number of carbonyl (C=O) groups excluding carboxylic acids is 1. The predicted octanol–water partition coefficient (Wildman–Crippen LogP) is 1.72. The Labute approximate surface area is 80.8 Å². The topological polar surface area (TPSA) is 38.3 Å². The lowest BCUT2D eigenvalue weighted by Crippen LogP contribution is -2.35. The molecule has 3 heteroatoms. The summed E-state index contributed by atoms with van der Waals surface area (Å²) in [7, 11) is 1.41. The largest absolute Gasteiger partial charge is 0.468 e. The van der Waals surface area contributed by atoms with Gasteiger partial charge in [0, 0.05) is 0 Å². The summed E-state index contributed by atoms with van der Waals surface area (Å²) >= 11 is 0. The van der Waals surface area contributed by atoms with Crippen molar-refractivity contribution in [1.82, 2.24) is 5.32 Å². The van der Waals surface area contributed by atoms with Gasteiger partial charge in [0.05, 0.1) is 7.11 Å². The van der Waals surface area contributed by atoms with Crippen molar-refractivity contribution in [3.63, 3.8) is 0 Å². The molecule has 13 heavy (non-hydrogen) atoms. The molecule has 0 unspecified atom stereocenters. The first-order chi connectivity index (χ1) is 6.22. The van der Waals surface area contributed by atoms with E-state index >= 15 is 0 Å². The molecular formula is C10H21NO2. The average molecular weight is 187 g/mol. The molecule has 0 saturated carbocycles.